The summed E-state index contributed by atoms with van der Waals surface area (Å²) in [7, 11) is 0. The van der Waals surface area contributed by atoms with E-state index in [0.717, 1.165) is 49.9 Å². The summed E-state index contributed by atoms with van der Waals surface area (Å²) in [5, 5.41) is 3.86. The molecule has 2 aromatic heterocycles. The van der Waals surface area contributed by atoms with Crippen LogP contribution in [0.25, 0.3) is 28.0 Å². The standard InChI is InChI=1S/C31H28ClN3O/c1-21-19-26(32)14-15-27(21)25-13-17-29-34-31(24-11-7-4-8-12-24)28(35(29)20-25)16-18-30(36)33-22(2)23-9-5-3-6-10-23/h3-15,17,19-20,22H,16,18H2,1-2H3,(H,33,36). The minimum Gasteiger partial charge on any atom is -0.350 e. The number of rotatable bonds is 7. The highest BCUT2D eigenvalue weighted by Gasteiger charge is 2.17. The topological polar surface area (TPSA) is 46.4 Å². The van der Waals surface area contributed by atoms with E-state index in [1.54, 1.807) is 0 Å². The average molecular weight is 494 g/mol. The maximum atomic E-state index is 12.9. The van der Waals surface area contributed by atoms with E-state index in [9.17, 15) is 4.79 Å². The Labute approximate surface area is 216 Å². The fraction of sp³-hybridized carbons (Fsp3) is 0.161. The lowest BCUT2D eigenvalue weighted by molar-refractivity contribution is -0.121. The molecule has 0 radical (unpaired) electrons. The molecule has 2 heterocycles. The lowest BCUT2D eigenvalue weighted by Gasteiger charge is -2.14. The van der Waals surface area contributed by atoms with Crippen LogP contribution in [0.1, 0.15) is 36.2 Å². The van der Waals surface area contributed by atoms with Gasteiger partial charge in [0.15, 0.2) is 0 Å². The number of amides is 1. The Hall–Kier alpha value is -3.89. The Morgan fingerprint density at radius 3 is 2.39 bits per heavy atom. The third kappa shape index (κ3) is 5.05. The molecule has 1 atom stereocenters. The molecule has 180 valence electrons. The normalized spacial score (nSPS) is 12.0. The number of carbonyl (C=O) groups is 1. The highest BCUT2D eigenvalue weighted by molar-refractivity contribution is 6.30. The van der Waals surface area contributed by atoms with Gasteiger partial charge in [0.2, 0.25) is 5.91 Å². The van der Waals surface area contributed by atoms with E-state index in [1.807, 2.05) is 79.7 Å². The fourth-order valence-electron chi connectivity index (χ4n) is 4.64. The number of benzene rings is 3. The van der Waals surface area contributed by atoms with Gasteiger partial charge >= 0.3 is 0 Å². The molecule has 0 fully saturated rings. The number of fused-ring (bicyclic) bond motifs is 1. The number of nitrogens with one attached hydrogen (secondary N) is 1. The first-order chi connectivity index (χ1) is 17.5. The van der Waals surface area contributed by atoms with Crippen LogP contribution in [0.4, 0.5) is 0 Å². The van der Waals surface area contributed by atoms with Crippen LogP contribution in [0, 0.1) is 6.92 Å². The fourth-order valence-corrected chi connectivity index (χ4v) is 4.87. The SMILES string of the molecule is Cc1cc(Cl)ccc1-c1ccc2nc(-c3ccccc3)c(CCC(=O)NC(C)c3ccccc3)n2c1. The van der Waals surface area contributed by atoms with Crippen molar-refractivity contribution in [2.24, 2.45) is 0 Å². The molecular formula is C31H28ClN3O. The number of hydrogen-bond donors (Lipinski definition) is 1. The monoisotopic (exact) mass is 493 g/mol. The van der Waals surface area contributed by atoms with Gasteiger partial charge in [-0.1, -0.05) is 78.3 Å². The Kier molecular flexibility index (Phi) is 6.88. The number of nitrogens with zero attached hydrogens (tertiary/aromatic N) is 2. The molecule has 0 spiro atoms. The summed E-state index contributed by atoms with van der Waals surface area (Å²) >= 11 is 6.19. The lowest BCUT2D eigenvalue weighted by atomic mass is 10.0. The number of aryl methyl sites for hydroxylation is 2. The van der Waals surface area contributed by atoms with Crippen LogP contribution in [0.5, 0.6) is 0 Å². The lowest BCUT2D eigenvalue weighted by Crippen LogP contribution is -2.26. The van der Waals surface area contributed by atoms with Crippen molar-refractivity contribution in [2.75, 3.05) is 0 Å². The second-order valence-corrected chi connectivity index (χ2v) is 9.51. The maximum absolute atomic E-state index is 12.9. The van der Waals surface area contributed by atoms with Crippen molar-refractivity contribution in [3.05, 3.63) is 119 Å². The van der Waals surface area contributed by atoms with Gasteiger partial charge in [-0.15, -0.1) is 0 Å². The first-order valence-corrected chi connectivity index (χ1v) is 12.5. The van der Waals surface area contributed by atoms with Crippen molar-refractivity contribution < 1.29 is 4.79 Å². The van der Waals surface area contributed by atoms with Crippen LogP contribution in [-0.2, 0) is 11.2 Å². The zero-order valence-corrected chi connectivity index (χ0v) is 21.2. The van der Waals surface area contributed by atoms with E-state index >= 15 is 0 Å². The molecule has 0 aliphatic carbocycles. The maximum Gasteiger partial charge on any atom is 0.220 e. The van der Waals surface area contributed by atoms with Gasteiger partial charge in [-0.3, -0.25) is 4.79 Å². The first kappa shape index (κ1) is 23.8. The Morgan fingerprint density at radius 2 is 1.67 bits per heavy atom. The highest BCUT2D eigenvalue weighted by Crippen LogP contribution is 2.30. The van der Waals surface area contributed by atoms with Gasteiger partial charge in [0.1, 0.15) is 5.65 Å². The van der Waals surface area contributed by atoms with Crippen LogP contribution in [0.3, 0.4) is 0 Å². The number of aromatic nitrogens is 2. The molecule has 5 heteroatoms. The van der Waals surface area contributed by atoms with E-state index in [2.05, 4.69) is 41.0 Å². The summed E-state index contributed by atoms with van der Waals surface area (Å²) in [6.07, 6.45) is 3.06. The van der Waals surface area contributed by atoms with E-state index in [0.29, 0.717) is 12.8 Å². The Morgan fingerprint density at radius 1 is 0.944 bits per heavy atom. The molecule has 0 bridgehead atoms. The molecule has 1 amide bonds. The number of hydrogen-bond acceptors (Lipinski definition) is 2. The highest BCUT2D eigenvalue weighted by atomic mass is 35.5. The number of halogens is 1. The van der Waals surface area contributed by atoms with Crippen molar-refractivity contribution in [3.8, 4) is 22.4 Å². The van der Waals surface area contributed by atoms with Gasteiger partial charge in [0.05, 0.1) is 17.4 Å². The predicted octanol–water partition coefficient (Wildman–Crippen LogP) is 7.44. The molecule has 0 saturated carbocycles. The summed E-state index contributed by atoms with van der Waals surface area (Å²) in [5.74, 6) is 0.0185. The summed E-state index contributed by atoms with van der Waals surface area (Å²) in [5.41, 5.74) is 8.23. The molecule has 36 heavy (non-hydrogen) atoms. The molecule has 1 unspecified atom stereocenters. The van der Waals surface area contributed by atoms with Crippen LogP contribution in [-0.4, -0.2) is 15.3 Å². The third-order valence-corrected chi connectivity index (χ3v) is 6.77. The quantitative estimate of drug-likeness (QED) is 0.256. The second kappa shape index (κ2) is 10.4. The van der Waals surface area contributed by atoms with Gasteiger partial charge in [0.25, 0.3) is 0 Å². The molecule has 0 saturated heterocycles. The minimum absolute atomic E-state index is 0.0185. The van der Waals surface area contributed by atoms with E-state index in [4.69, 9.17) is 16.6 Å². The zero-order chi connectivity index (χ0) is 25.1. The Balaban J connectivity index is 1.48. The predicted molar refractivity (Wildman–Crippen MR) is 147 cm³/mol. The van der Waals surface area contributed by atoms with Crippen molar-refractivity contribution in [2.45, 2.75) is 32.7 Å². The van der Waals surface area contributed by atoms with E-state index < -0.39 is 0 Å². The van der Waals surface area contributed by atoms with Gasteiger partial charge in [-0.05, 0) is 66.8 Å². The molecule has 5 aromatic rings. The van der Waals surface area contributed by atoms with Crippen LogP contribution in [0.2, 0.25) is 5.02 Å². The molecule has 1 N–H and O–H groups in total. The number of carbonyl (C=O) groups excluding carboxylic acids is 1. The van der Waals surface area contributed by atoms with Crippen molar-refractivity contribution in [3.63, 3.8) is 0 Å². The van der Waals surface area contributed by atoms with Gasteiger partial charge in [0, 0.05) is 23.2 Å². The van der Waals surface area contributed by atoms with E-state index in [1.165, 1.54) is 0 Å². The summed E-state index contributed by atoms with van der Waals surface area (Å²) in [6, 6.07) is 30.2. The van der Waals surface area contributed by atoms with Gasteiger partial charge < -0.3 is 9.72 Å². The van der Waals surface area contributed by atoms with Gasteiger partial charge in [-0.2, -0.15) is 0 Å². The summed E-state index contributed by atoms with van der Waals surface area (Å²) < 4.78 is 2.12. The molecular weight excluding hydrogens is 466 g/mol. The van der Waals surface area contributed by atoms with Gasteiger partial charge in [-0.25, -0.2) is 4.98 Å². The second-order valence-electron chi connectivity index (χ2n) is 9.08. The van der Waals surface area contributed by atoms with E-state index in [-0.39, 0.29) is 11.9 Å². The number of imidazole rings is 1. The average Bonchev–Trinajstić information content (AvgIpc) is 3.26. The van der Waals surface area contributed by atoms with Crippen LogP contribution in [0.15, 0.2) is 97.2 Å². The number of pyridine rings is 1. The van der Waals surface area contributed by atoms with Crippen molar-refractivity contribution in [1.29, 1.82) is 0 Å². The summed E-state index contributed by atoms with van der Waals surface area (Å²) in [4.78, 5) is 17.9. The van der Waals surface area contributed by atoms with Crippen molar-refractivity contribution >= 4 is 23.2 Å². The van der Waals surface area contributed by atoms with Crippen LogP contribution >= 0.6 is 11.6 Å². The van der Waals surface area contributed by atoms with Crippen molar-refractivity contribution in [1.82, 2.24) is 14.7 Å². The molecule has 5 rings (SSSR count). The molecule has 0 aliphatic rings. The Bertz CT molecular complexity index is 1510. The first-order valence-electron chi connectivity index (χ1n) is 12.2. The molecule has 4 nitrogen and oxygen atoms in total. The molecule has 0 aliphatic heterocycles. The zero-order valence-electron chi connectivity index (χ0n) is 20.4. The smallest absolute Gasteiger partial charge is 0.220 e. The third-order valence-electron chi connectivity index (χ3n) is 6.53. The largest absolute Gasteiger partial charge is 0.350 e. The summed E-state index contributed by atoms with van der Waals surface area (Å²) in [6.45, 7) is 4.07. The molecule has 3 aromatic carbocycles. The van der Waals surface area contributed by atoms with Crippen LogP contribution < -0.4 is 5.32 Å². The minimum atomic E-state index is -0.0473.